The Kier molecular flexibility index (Phi) is 4.74. The van der Waals surface area contributed by atoms with Gasteiger partial charge in [0.2, 0.25) is 0 Å². The molecule has 0 aromatic carbocycles. The van der Waals surface area contributed by atoms with Crippen molar-refractivity contribution in [3.8, 4) is 0 Å². The molecule has 1 atom stereocenters. The molecule has 4 nitrogen and oxygen atoms in total. The van der Waals surface area contributed by atoms with Gasteiger partial charge in [0.15, 0.2) is 0 Å². The minimum Gasteiger partial charge on any atom is -0.468 e. The van der Waals surface area contributed by atoms with E-state index in [0.29, 0.717) is 12.0 Å². The lowest BCUT2D eigenvalue weighted by atomic mass is 9.82. The molecule has 0 bridgehead atoms. The fourth-order valence-corrected chi connectivity index (χ4v) is 2.59. The summed E-state index contributed by atoms with van der Waals surface area (Å²) in [4.78, 5) is 13.8. The van der Waals surface area contributed by atoms with Gasteiger partial charge in [-0.05, 0) is 31.2 Å². The van der Waals surface area contributed by atoms with Gasteiger partial charge in [0, 0.05) is 13.1 Å². The molecule has 4 heteroatoms. The zero-order chi connectivity index (χ0) is 12.2. The third-order valence-electron chi connectivity index (χ3n) is 4.11. The first-order valence-electron chi connectivity index (χ1n) is 6.14. The molecule has 0 radical (unpaired) electrons. The first-order valence-corrected chi connectivity index (χ1v) is 6.14. The predicted octanol–water partition coefficient (Wildman–Crippen LogP) is 0.999. The summed E-state index contributed by atoms with van der Waals surface area (Å²) in [5.74, 6) is -0.203. The lowest BCUT2D eigenvalue weighted by Crippen LogP contribution is -2.46. The van der Waals surface area contributed by atoms with Crippen molar-refractivity contribution in [2.75, 3.05) is 26.7 Å². The van der Waals surface area contributed by atoms with Crippen LogP contribution in [-0.4, -0.2) is 43.7 Å². The summed E-state index contributed by atoms with van der Waals surface area (Å²) < 4.78 is 4.79. The van der Waals surface area contributed by atoms with Crippen LogP contribution in [0.2, 0.25) is 0 Å². The number of methoxy groups -OCH3 is 1. The van der Waals surface area contributed by atoms with E-state index in [-0.39, 0.29) is 12.0 Å². The van der Waals surface area contributed by atoms with E-state index in [1.165, 1.54) is 20.0 Å². The second kappa shape index (κ2) is 5.64. The molecule has 0 saturated carbocycles. The van der Waals surface area contributed by atoms with Gasteiger partial charge in [-0.1, -0.05) is 13.8 Å². The number of hydrogen-bond acceptors (Lipinski definition) is 4. The molecule has 1 unspecified atom stereocenters. The highest BCUT2D eigenvalue weighted by molar-refractivity contribution is 5.76. The summed E-state index contributed by atoms with van der Waals surface area (Å²) in [5.41, 5.74) is 6.03. The molecule has 1 aliphatic heterocycles. The molecule has 1 heterocycles. The first-order chi connectivity index (χ1) is 7.62. The molecule has 1 rings (SSSR count). The third-order valence-corrected chi connectivity index (χ3v) is 4.11. The fraction of sp³-hybridized carbons (Fsp3) is 0.917. The monoisotopic (exact) mass is 228 g/mol. The molecule has 1 fully saturated rings. The molecule has 2 N–H and O–H groups in total. The smallest absolute Gasteiger partial charge is 0.324 e. The Bertz CT molecular complexity index is 239. The molecule has 94 valence electrons. The van der Waals surface area contributed by atoms with Gasteiger partial charge in [0.05, 0.1) is 7.11 Å². The number of carbonyl (C=O) groups is 1. The van der Waals surface area contributed by atoms with Gasteiger partial charge in [0.1, 0.15) is 6.04 Å². The molecular formula is C12H24N2O2. The quantitative estimate of drug-likeness (QED) is 0.713. The average molecular weight is 228 g/mol. The summed E-state index contributed by atoms with van der Waals surface area (Å²) in [6.07, 6.45) is 3.49. The highest BCUT2D eigenvalue weighted by Crippen LogP contribution is 2.37. The highest BCUT2D eigenvalue weighted by Gasteiger charge is 2.39. The van der Waals surface area contributed by atoms with Crippen molar-refractivity contribution >= 4 is 5.97 Å². The first kappa shape index (κ1) is 13.5. The normalized spacial score (nSPS) is 22.0. The summed E-state index contributed by atoms with van der Waals surface area (Å²) in [7, 11) is 1.42. The van der Waals surface area contributed by atoms with E-state index in [9.17, 15) is 4.79 Å². The number of rotatable bonds is 5. The van der Waals surface area contributed by atoms with Crippen molar-refractivity contribution in [1.29, 1.82) is 0 Å². The SMILES string of the molecule is CCC1(CC)CCN(C(CN)C(=O)OC)C1. The van der Waals surface area contributed by atoms with E-state index in [1.807, 2.05) is 0 Å². The zero-order valence-corrected chi connectivity index (χ0v) is 10.7. The topological polar surface area (TPSA) is 55.6 Å². The molecule has 0 aromatic rings. The fourth-order valence-electron chi connectivity index (χ4n) is 2.59. The van der Waals surface area contributed by atoms with Crippen LogP contribution in [0.3, 0.4) is 0 Å². The maximum atomic E-state index is 11.6. The standard InChI is InChI=1S/C12H24N2O2/c1-4-12(5-2)6-7-14(9-12)10(8-13)11(15)16-3/h10H,4-9,13H2,1-3H3. The van der Waals surface area contributed by atoms with Crippen molar-refractivity contribution in [1.82, 2.24) is 4.90 Å². The largest absolute Gasteiger partial charge is 0.468 e. The number of esters is 1. The van der Waals surface area contributed by atoms with Crippen molar-refractivity contribution in [2.24, 2.45) is 11.1 Å². The number of hydrogen-bond donors (Lipinski definition) is 1. The van der Waals surface area contributed by atoms with Gasteiger partial charge in [-0.2, -0.15) is 0 Å². The second-order valence-corrected chi connectivity index (χ2v) is 4.70. The molecule has 0 aromatic heterocycles. The van der Waals surface area contributed by atoms with Crippen LogP contribution in [0.15, 0.2) is 0 Å². The van der Waals surface area contributed by atoms with Crippen LogP contribution in [0, 0.1) is 5.41 Å². The zero-order valence-electron chi connectivity index (χ0n) is 10.7. The van der Waals surface area contributed by atoms with Crippen molar-refractivity contribution in [3.63, 3.8) is 0 Å². The van der Waals surface area contributed by atoms with Crippen molar-refractivity contribution in [2.45, 2.75) is 39.2 Å². The Morgan fingerprint density at radius 1 is 1.50 bits per heavy atom. The van der Waals surface area contributed by atoms with Gasteiger partial charge < -0.3 is 10.5 Å². The Balaban J connectivity index is 2.66. The summed E-state index contributed by atoms with van der Waals surface area (Å²) in [6, 6.07) is -0.259. The molecule has 0 amide bonds. The van der Waals surface area contributed by atoms with Crippen LogP contribution < -0.4 is 5.73 Å². The van der Waals surface area contributed by atoms with E-state index in [1.54, 1.807) is 0 Å². The Labute approximate surface area is 98.1 Å². The number of nitrogens with zero attached hydrogens (tertiary/aromatic N) is 1. The van der Waals surface area contributed by atoms with Gasteiger partial charge in [-0.3, -0.25) is 9.69 Å². The van der Waals surface area contributed by atoms with Crippen LogP contribution in [0.1, 0.15) is 33.1 Å². The van der Waals surface area contributed by atoms with Crippen LogP contribution in [0.25, 0.3) is 0 Å². The number of ether oxygens (including phenoxy) is 1. The van der Waals surface area contributed by atoms with Crippen LogP contribution in [0.5, 0.6) is 0 Å². The molecular weight excluding hydrogens is 204 g/mol. The maximum Gasteiger partial charge on any atom is 0.324 e. The maximum absolute atomic E-state index is 11.6. The van der Waals surface area contributed by atoms with Crippen LogP contribution >= 0.6 is 0 Å². The average Bonchev–Trinajstić information content (AvgIpc) is 2.75. The Morgan fingerprint density at radius 2 is 2.12 bits per heavy atom. The predicted molar refractivity (Wildman–Crippen MR) is 64.1 cm³/mol. The molecule has 0 aliphatic carbocycles. The van der Waals surface area contributed by atoms with Gasteiger partial charge in [-0.25, -0.2) is 0 Å². The number of nitrogens with two attached hydrogens (primary N) is 1. The molecule has 16 heavy (non-hydrogen) atoms. The minimum atomic E-state index is -0.259. The van der Waals surface area contributed by atoms with E-state index in [2.05, 4.69) is 18.7 Å². The lowest BCUT2D eigenvalue weighted by molar-refractivity contribution is -0.146. The number of carbonyl (C=O) groups excluding carboxylic acids is 1. The molecule has 0 spiro atoms. The number of likely N-dealkylation sites (tertiary alicyclic amines) is 1. The van der Waals surface area contributed by atoms with Crippen molar-refractivity contribution < 1.29 is 9.53 Å². The van der Waals surface area contributed by atoms with E-state index in [0.717, 1.165) is 19.5 Å². The highest BCUT2D eigenvalue weighted by atomic mass is 16.5. The molecule has 1 aliphatic rings. The third kappa shape index (κ3) is 2.55. The Morgan fingerprint density at radius 3 is 2.50 bits per heavy atom. The van der Waals surface area contributed by atoms with Crippen LogP contribution in [-0.2, 0) is 9.53 Å². The summed E-state index contributed by atoms with van der Waals surface area (Å²) in [6.45, 7) is 6.72. The van der Waals surface area contributed by atoms with E-state index < -0.39 is 0 Å². The Hall–Kier alpha value is -0.610. The van der Waals surface area contributed by atoms with E-state index in [4.69, 9.17) is 10.5 Å². The van der Waals surface area contributed by atoms with Gasteiger partial charge >= 0.3 is 5.97 Å². The molecule has 1 saturated heterocycles. The van der Waals surface area contributed by atoms with Gasteiger partial charge in [-0.15, -0.1) is 0 Å². The van der Waals surface area contributed by atoms with E-state index >= 15 is 0 Å². The van der Waals surface area contributed by atoms with Crippen molar-refractivity contribution in [3.05, 3.63) is 0 Å². The minimum absolute atomic E-state index is 0.203. The second-order valence-electron chi connectivity index (χ2n) is 4.70. The van der Waals surface area contributed by atoms with Gasteiger partial charge in [0.25, 0.3) is 0 Å². The summed E-state index contributed by atoms with van der Waals surface area (Å²) in [5, 5.41) is 0. The summed E-state index contributed by atoms with van der Waals surface area (Å²) >= 11 is 0. The lowest BCUT2D eigenvalue weighted by Gasteiger charge is -2.29. The van der Waals surface area contributed by atoms with Crippen LogP contribution in [0.4, 0.5) is 0 Å².